The Morgan fingerprint density at radius 3 is 2.83 bits per heavy atom. The number of thiol groups is 1. The van der Waals surface area contributed by atoms with Gasteiger partial charge in [-0.3, -0.25) is 0 Å². The number of likely N-dealkylation sites (N-methyl/N-ethyl adjacent to an activating group) is 1. The minimum absolute atomic E-state index is 0.569. The van der Waals surface area contributed by atoms with Crippen LogP contribution < -0.4 is 0 Å². The number of rotatable bonds is 4. The highest BCUT2D eigenvalue weighted by Gasteiger charge is 2.01. The maximum absolute atomic E-state index is 4.09. The Kier molecular flexibility index (Phi) is 3.48. The van der Waals surface area contributed by atoms with Crippen LogP contribution in [0.25, 0.3) is 0 Å². The third-order valence-corrected chi connectivity index (χ3v) is 2.07. The lowest BCUT2D eigenvalue weighted by Gasteiger charge is -2.12. The van der Waals surface area contributed by atoms with Crippen molar-refractivity contribution in [3.05, 3.63) is 0 Å². The average Bonchev–Trinajstić information content (AvgIpc) is 2.47. The maximum Gasteiger partial charge on any atom is 0.206 e. The molecular formula is C6H13N5S. The summed E-state index contributed by atoms with van der Waals surface area (Å²) in [6.07, 6.45) is 0. The van der Waals surface area contributed by atoms with E-state index in [9.17, 15) is 0 Å². The van der Waals surface area contributed by atoms with Gasteiger partial charge in [0.2, 0.25) is 5.16 Å². The van der Waals surface area contributed by atoms with Gasteiger partial charge in [0.1, 0.15) is 0 Å². The summed E-state index contributed by atoms with van der Waals surface area (Å²) >= 11 is 4.09. The topological polar surface area (TPSA) is 46.8 Å². The Bertz CT molecular complexity index is 236. The third-order valence-electron chi connectivity index (χ3n) is 1.75. The number of tetrazole rings is 1. The summed E-state index contributed by atoms with van der Waals surface area (Å²) in [6, 6.07) is 0. The monoisotopic (exact) mass is 187 g/mol. The van der Waals surface area contributed by atoms with Crippen LogP contribution in [0.1, 0.15) is 6.92 Å². The van der Waals surface area contributed by atoms with Gasteiger partial charge in [0, 0.05) is 6.54 Å². The van der Waals surface area contributed by atoms with Crippen molar-refractivity contribution in [2.45, 2.75) is 18.6 Å². The molecule has 0 saturated heterocycles. The van der Waals surface area contributed by atoms with Crippen LogP contribution in [0.4, 0.5) is 0 Å². The smallest absolute Gasteiger partial charge is 0.206 e. The van der Waals surface area contributed by atoms with Gasteiger partial charge >= 0.3 is 0 Å². The molecule has 5 nitrogen and oxygen atoms in total. The molecule has 0 aromatic carbocycles. The molecule has 1 aromatic heterocycles. The second-order valence-electron chi connectivity index (χ2n) is 2.60. The zero-order chi connectivity index (χ0) is 8.97. The van der Waals surface area contributed by atoms with Crippen molar-refractivity contribution < 1.29 is 0 Å². The van der Waals surface area contributed by atoms with Crippen molar-refractivity contribution in [2.24, 2.45) is 0 Å². The zero-order valence-corrected chi connectivity index (χ0v) is 8.20. The highest BCUT2D eigenvalue weighted by atomic mass is 32.1. The summed E-state index contributed by atoms with van der Waals surface area (Å²) in [6.45, 7) is 4.87. The lowest BCUT2D eigenvalue weighted by atomic mass is 10.5. The van der Waals surface area contributed by atoms with Crippen molar-refractivity contribution >= 4 is 12.6 Å². The van der Waals surface area contributed by atoms with E-state index in [1.165, 1.54) is 0 Å². The second kappa shape index (κ2) is 4.42. The second-order valence-corrected chi connectivity index (χ2v) is 3.00. The van der Waals surface area contributed by atoms with Crippen LogP contribution >= 0.6 is 12.6 Å². The normalized spacial score (nSPS) is 11.0. The SMILES string of the molecule is CCN(C)CCn1nnnc1S. The minimum atomic E-state index is 0.569. The van der Waals surface area contributed by atoms with Gasteiger partial charge in [0.05, 0.1) is 6.54 Å². The van der Waals surface area contributed by atoms with E-state index in [1.54, 1.807) is 4.68 Å². The first-order chi connectivity index (χ1) is 5.74. The van der Waals surface area contributed by atoms with Gasteiger partial charge in [-0.15, -0.1) is 17.7 Å². The number of hydrogen-bond acceptors (Lipinski definition) is 5. The van der Waals surface area contributed by atoms with Gasteiger partial charge in [-0.1, -0.05) is 6.92 Å². The Morgan fingerprint density at radius 2 is 2.33 bits per heavy atom. The van der Waals surface area contributed by atoms with E-state index in [4.69, 9.17) is 0 Å². The molecule has 12 heavy (non-hydrogen) atoms. The van der Waals surface area contributed by atoms with Crippen LogP contribution in [-0.4, -0.2) is 45.2 Å². The largest absolute Gasteiger partial charge is 0.305 e. The predicted octanol–water partition coefficient (Wildman–Crippen LogP) is -0.0865. The Morgan fingerprint density at radius 1 is 1.58 bits per heavy atom. The van der Waals surface area contributed by atoms with Gasteiger partial charge in [0.25, 0.3) is 0 Å². The zero-order valence-electron chi connectivity index (χ0n) is 7.30. The summed E-state index contributed by atoms with van der Waals surface area (Å²) < 4.78 is 1.68. The van der Waals surface area contributed by atoms with E-state index in [-0.39, 0.29) is 0 Å². The molecule has 6 heteroatoms. The highest BCUT2D eigenvalue weighted by Crippen LogP contribution is 1.96. The molecule has 0 unspecified atom stereocenters. The van der Waals surface area contributed by atoms with Gasteiger partial charge in [-0.05, 0) is 24.0 Å². The average molecular weight is 187 g/mol. The maximum atomic E-state index is 4.09. The first-order valence-corrected chi connectivity index (χ1v) is 4.32. The Balaban J connectivity index is 2.38. The van der Waals surface area contributed by atoms with Crippen LogP contribution in [-0.2, 0) is 6.54 Å². The molecule has 0 atom stereocenters. The summed E-state index contributed by atoms with van der Waals surface area (Å²) in [5, 5.41) is 11.5. The third kappa shape index (κ3) is 2.46. The lowest BCUT2D eigenvalue weighted by Crippen LogP contribution is -2.23. The summed E-state index contributed by atoms with van der Waals surface area (Å²) in [4.78, 5) is 2.19. The van der Waals surface area contributed by atoms with Crippen LogP contribution in [0.2, 0.25) is 0 Å². The molecule has 1 rings (SSSR count). The van der Waals surface area contributed by atoms with E-state index >= 15 is 0 Å². The van der Waals surface area contributed by atoms with Crippen molar-refractivity contribution in [3.8, 4) is 0 Å². The van der Waals surface area contributed by atoms with E-state index in [2.05, 4.69) is 47.0 Å². The fourth-order valence-corrected chi connectivity index (χ4v) is 0.948. The molecule has 1 heterocycles. The quantitative estimate of drug-likeness (QED) is 0.669. The molecule has 0 saturated carbocycles. The first-order valence-electron chi connectivity index (χ1n) is 3.87. The first kappa shape index (κ1) is 9.47. The number of nitrogens with zero attached hydrogens (tertiary/aromatic N) is 5. The van der Waals surface area contributed by atoms with Crippen molar-refractivity contribution in [3.63, 3.8) is 0 Å². The fraction of sp³-hybridized carbons (Fsp3) is 0.833. The van der Waals surface area contributed by atoms with Crippen LogP contribution in [0.5, 0.6) is 0 Å². The molecule has 0 aliphatic heterocycles. The molecule has 0 bridgehead atoms. The van der Waals surface area contributed by atoms with Crippen LogP contribution in [0.15, 0.2) is 5.16 Å². The summed E-state index contributed by atoms with van der Waals surface area (Å²) in [5.74, 6) is 0. The molecule has 68 valence electrons. The van der Waals surface area contributed by atoms with E-state index in [0.29, 0.717) is 5.16 Å². The predicted molar refractivity (Wildman–Crippen MR) is 48.2 cm³/mol. The van der Waals surface area contributed by atoms with E-state index < -0.39 is 0 Å². The van der Waals surface area contributed by atoms with Gasteiger partial charge in [-0.2, -0.15) is 0 Å². The molecule has 1 aromatic rings. The summed E-state index contributed by atoms with van der Waals surface area (Å²) in [7, 11) is 2.06. The highest BCUT2D eigenvalue weighted by molar-refractivity contribution is 7.80. The van der Waals surface area contributed by atoms with E-state index in [1.807, 2.05) is 0 Å². The van der Waals surface area contributed by atoms with Crippen LogP contribution in [0.3, 0.4) is 0 Å². The fourth-order valence-electron chi connectivity index (χ4n) is 0.768. The molecule has 0 fully saturated rings. The van der Waals surface area contributed by atoms with Gasteiger partial charge in [0.15, 0.2) is 0 Å². The van der Waals surface area contributed by atoms with Crippen molar-refractivity contribution in [1.82, 2.24) is 25.1 Å². The standard InChI is InChI=1S/C6H13N5S/c1-3-10(2)4-5-11-6(12)7-8-9-11/h3-5H2,1-2H3,(H,7,9,12). The molecule has 0 aliphatic carbocycles. The lowest BCUT2D eigenvalue weighted by molar-refractivity contribution is 0.320. The molecule has 0 radical (unpaired) electrons. The van der Waals surface area contributed by atoms with Gasteiger partial charge < -0.3 is 4.90 Å². The van der Waals surface area contributed by atoms with Crippen molar-refractivity contribution in [2.75, 3.05) is 20.1 Å². The molecular weight excluding hydrogens is 174 g/mol. The van der Waals surface area contributed by atoms with Crippen LogP contribution in [0, 0.1) is 0 Å². The summed E-state index contributed by atoms with van der Waals surface area (Å²) in [5.41, 5.74) is 0. The molecule has 0 amide bonds. The molecule has 0 spiro atoms. The minimum Gasteiger partial charge on any atom is -0.305 e. The Labute approximate surface area is 77.2 Å². The number of aromatic nitrogens is 4. The molecule has 0 aliphatic rings. The van der Waals surface area contributed by atoms with E-state index in [0.717, 1.165) is 19.6 Å². The number of hydrogen-bond donors (Lipinski definition) is 1. The molecule has 0 N–H and O–H groups in total. The van der Waals surface area contributed by atoms with Gasteiger partial charge in [-0.25, -0.2) is 4.68 Å². The Hall–Kier alpha value is -0.620. The van der Waals surface area contributed by atoms with Crippen molar-refractivity contribution in [1.29, 1.82) is 0 Å².